The molecule has 1 unspecified atom stereocenters. The third-order valence-corrected chi connectivity index (χ3v) is 3.93. The molecule has 0 bridgehead atoms. The van der Waals surface area contributed by atoms with Gasteiger partial charge in [-0.1, -0.05) is 34.7 Å². The monoisotopic (exact) mass is 274 g/mol. The quantitative estimate of drug-likeness (QED) is 0.500. The number of halogens is 1. The first-order valence-corrected chi connectivity index (χ1v) is 6.13. The first-order chi connectivity index (χ1) is 5.86. The van der Waals surface area contributed by atoms with Crippen LogP contribution in [0.5, 0.6) is 0 Å². The van der Waals surface area contributed by atoms with Gasteiger partial charge in [0.15, 0.2) is 0 Å². The van der Waals surface area contributed by atoms with Crippen molar-refractivity contribution >= 4 is 22.6 Å². The summed E-state index contributed by atoms with van der Waals surface area (Å²) in [6.45, 7) is 0. The Morgan fingerprint density at radius 1 is 1.17 bits per heavy atom. The Kier molecular flexibility index (Phi) is 2.89. The van der Waals surface area contributed by atoms with Crippen LogP contribution in [-0.4, -0.2) is 3.92 Å². The maximum Gasteiger partial charge on any atom is 0.0147 e. The highest BCUT2D eigenvalue weighted by molar-refractivity contribution is 14.1. The van der Waals surface area contributed by atoms with Crippen molar-refractivity contribution in [1.82, 2.24) is 0 Å². The second-order valence-electron chi connectivity index (χ2n) is 3.72. The minimum Gasteiger partial charge on any atom is -0.0823 e. The van der Waals surface area contributed by atoms with Crippen molar-refractivity contribution in [3.63, 3.8) is 0 Å². The molecule has 2 aliphatic rings. The van der Waals surface area contributed by atoms with Gasteiger partial charge in [-0.2, -0.15) is 0 Å². The van der Waals surface area contributed by atoms with Crippen molar-refractivity contribution in [1.29, 1.82) is 0 Å². The van der Waals surface area contributed by atoms with E-state index in [9.17, 15) is 0 Å². The van der Waals surface area contributed by atoms with E-state index in [1.807, 2.05) is 0 Å². The summed E-state index contributed by atoms with van der Waals surface area (Å²) in [4.78, 5) is 0. The number of alkyl halides is 1. The molecule has 0 aromatic carbocycles. The molecule has 12 heavy (non-hydrogen) atoms. The molecular formula is C11H15I. The van der Waals surface area contributed by atoms with Crippen molar-refractivity contribution in [2.45, 2.75) is 42.4 Å². The fourth-order valence-electron chi connectivity index (χ4n) is 2.06. The molecule has 0 spiro atoms. The lowest BCUT2D eigenvalue weighted by molar-refractivity contribution is 0.737. The van der Waals surface area contributed by atoms with Crippen LogP contribution in [0.3, 0.4) is 0 Å². The summed E-state index contributed by atoms with van der Waals surface area (Å²) in [6, 6.07) is 0. The Labute approximate surface area is 88.3 Å². The molecule has 0 aromatic heterocycles. The van der Waals surface area contributed by atoms with Crippen LogP contribution in [0, 0.1) is 0 Å². The van der Waals surface area contributed by atoms with Gasteiger partial charge in [0.25, 0.3) is 0 Å². The van der Waals surface area contributed by atoms with Crippen LogP contribution in [0.25, 0.3) is 0 Å². The first-order valence-electron chi connectivity index (χ1n) is 4.89. The Morgan fingerprint density at radius 3 is 2.58 bits per heavy atom. The smallest absolute Gasteiger partial charge is 0.0147 e. The van der Waals surface area contributed by atoms with Gasteiger partial charge in [-0.25, -0.2) is 0 Å². The normalized spacial score (nSPS) is 29.9. The van der Waals surface area contributed by atoms with Crippen LogP contribution < -0.4 is 0 Å². The first kappa shape index (κ1) is 8.79. The molecule has 66 valence electrons. The Morgan fingerprint density at radius 2 is 2.00 bits per heavy atom. The van der Waals surface area contributed by atoms with E-state index in [1.165, 1.54) is 38.5 Å². The van der Waals surface area contributed by atoms with E-state index >= 15 is 0 Å². The van der Waals surface area contributed by atoms with Crippen LogP contribution >= 0.6 is 22.6 Å². The molecule has 0 aromatic rings. The van der Waals surface area contributed by atoms with Crippen LogP contribution in [0.1, 0.15) is 38.5 Å². The molecule has 0 N–H and O–H groups in total. The maximum atomic E-state index is 2.57. The Hall–Kier alpha value is 0.210. The second-order valence-corrected chi connectivity index (χ2v) is 5.48. The van der Waals surface area contributed by atoms with Crippen LogP contribution in [-0.2, 0) is 0 Å². The molecule has 1 heteroatoms. The zero-order chi connectivity index (χ0) is 8.39. The third kappa shape index (κ3) is 1.93. The molecule has 0 aliphatic heterocycles. The van der Waals surface area contributed by atoms with E-state index in [-0.39, 0.29) is 0 Å². The highest BCUT2D eigenvalue weighted by Gasteiger charge is 2.15. The van der Waals surface area contributed by atoms with E-state index in [1.54, 1.807) is 11.1 Å². The summed E-state index contributed by atoms with van der Waals surface area (Å²) >= 11 is 2.57. The highest BCUT2D eigenvalue weighted by atomic mass is 127. The van der Waals surface area contributed by atoms with E-state index in [0.717, 1.165) is 3.92 Å². The van der Waals surface area contributed by atoms with E-state index < -0.39 is 0 Å². The predicted octanol–water partition coefficient (Wildman–Crippen LogP) is 4.01. The fraction of sp³-hybridized carbons (Fsp3) is 0.636. The molecule has 0 amide bonds. The average molecular weight is 274 g/mol. The van der Waals surface area contributed by atoms with Crippen LogP contribution in [0.4, 0.5) is 0 Å². The minimum atomic E-state index is 0.897. The summed E-state index contributed by atoms with van der Waals surface area (Å²) in [5, 5.41) is 0. The van der Waals surface area contributed by atoms with E-state index in [4.69, 9.17) is 0 Å². The van der Waals surface area contributed by atoms with Gasteiger partial charge in [0.2, 0.25) is 0 Å². The fourth-order valence-corrected chi connectivity index (χ4v) is 2.62. The molecule has 0 saturated carbocycles. The number of allylic oxidation sites excluding steroid dienone is 4. The molecule has 2 aliphatic carbocycles. The lowest BCUT2D eigenvalue weighted by Crippen LogP contribution is -2.04. The van der Waals surface area contributed by atoms with E-state index in [2.05, 4.69) is 34.7 Å². The molecule has 0 radical (unpaired) electrons. The summed E-state index contributed by atoms with van der Waals surface area (Å²) < 4.78 is 0.897. The number of hydrogen-bond acceptors (Lipinski definition) is 0. The summed E-state index contributed by atoms with van der Waals surface area (Å²) in [6.07, 6.45) is 13.0. The van der Waals surface area contributed by atoms with Crippen molar-refractivity contribution in [3.05, 3.63) is 23.3 Å². The van der Waals surface area contributed by atoms with Crippen molar-refractivity contribution in [3.8, 4) is 0 Å². The topological polar surface area (TPSA) is 0 Å². The number of rotatable bonds is 1. The van der Waals surface area contributed by atoms with Gasteiger partial charge in [-0.15, -0.1) is 0 Å². The highest BCUT2D eigenvalue weighted by Crippen LogP contribution is 2.33. The van der Waals surface area contributed by atoms with Crippen molar-refractivity contribution < 1.29 is 0 Å². The van der Waals surface area contributed by atoms with Crippen LogP contribution in [0.2, 0.25) is 0 Å². The SMILES string of the molecule is IC1CC=C(C2=CCCC2)CC1. The summed E-state index contributed by atoms with van der Waals surface area (Å²) in [7, 11) is 0. The minimum absolute atomic E-state index is 0.897. The molecule has 0 fully saturated rings. The van der Waals surface area contributed by atoms with Gasteiger partial charge in [-0.3, -0.25) is 0 Å². The molecular weight excluding hydrogens is 259 g/mol. The number of hydrogen-bond donors (Lipinski definition) is 0. The van der Waals surface area contributed by atoms with E-state index in [0.29, 0.717) is 0 Å². The van der Waals surface area contributed by atoms with Crippen molar-refractivity contribution in [2.24, 2.45) is 0 Å². The lowest BCUT2D eigenvalue weighted by Gasteiger charge is -2.17. The van der Waals surface area contributed by atoms with Gasteiger partial charge < -0.3 is 0 Å². The van der Waals surface area contributed by atoms with Gasteiger partial charge in [0, 0.05) is 3.92 Å². The zero-order valence-corrected chi connectivity index (χ0v) is 9.51. The average Bonchev–Trinajstić information content (AvgIpc) is 2.58. The van der Waals surface area contributed by atoms with Crippen LogP contribution in [0.15, 0.2) is 23.3 Å². The maximum absolute atomic E-state index is 2.57. The van der Waals surface area contributed by atoms with Gasteiger partial charge in [0.05, 0.1) is 0 Å². The summed E-state index contributed by atoms with van der Waals surface area (Å²) in [5.41, 5.74) is 3.33. The van der Waals surface area contributed by atoms with Gasteiger partial charge in [0.1, 0.15) is 0 Å². The summed E-state index contributed by atoms with van der Waals surface area (Å²) in [5.74, 6) is 0. The molecule has 0 heterocycles. The van der Waals surface area contributed by atoms with Crippen molar-refractivity contribution in [2.75, 3.05) is 0 Å². The lowest BCUT2D eigenvalue weighted by atomic mass is 9.93. The standard InChI is InChI=1S/C11H15I/c12-11-7-5-10(6-8-11)9-3-1-2-4-9/h3,5,11H,1-2,4,6-8H2. The third-order valence-electron chi connectivity index (χ3n) is 2.80. The zero-order valence-electron chi connectivity index (χ0n) is 7.35. The Bertz CT molecular complexity index is 225. The van der Waals surface area contributed by atoms with Gasteiger partial charge in [-0.05, 0) is 49.7 Å². The molecule has 0 nitrogen and oxygen atoms in total. The predicted molar refractivity (Wildman–Crippen MR) is 61.7 cm³/mol. The second kappa shape index (κ2) is 3.95. The largest absolute Gasteiger partial charge is 0.0823 e. The van der Waals surface area contributed by atoms with Gasteiger partial charge >= 0.3 is 0 Å². The molecule has 2 rings (SSSR count). The molecule has 1 atom stereocenters. The molecule has 0 saturated heterocycles. The Balaban J connectivity index is 2.04.